The molecule has 26 heavy (non-hydrogen) atoms. The van der Waals surface area contributed by atoms with Crippen LogP contribution < -0.4 is 5.84 Å². The molecule has 0 saturated carbocycles. The Morgan fingerprint density at radius 3 is 2.58 bits per heavy atom. The van der Waals surface area contributed by atoms with Crippen LogP contribution in [-0.2, 0) is 12.8 Å². The van der Waals surface area contributed by atoms with Gasteiger partial charge in [-0.1, -0.05) is 32.6 Å². The molecule has 2 N–H and O–H groups in total. The first-order valence-corrected chi connectivity index (χ1v) is 10.5. The van der Waals surface area contributed by atoms with Gasteiger partial charge < -0.3 is 10.7 Å². The number of nitrogens with zero attached hydrogens (tertiary/aromatic N) is 5. The van der Waals surface area contributed by atoms with Crippen molar-refractivity contribution in [2.45, 2.75) is 77.6 Å². The Morgan fingerprint density at radius 2 is 1.81 bits per heavy atom. The molecule has 0 unspecified atom stereocenters. The van der Waals surface area contributed by atoms with Gasteiger partial charge in [0.15, 0.2) is 0 Å². The van der Waals surface area contributed by atoms with Crippen molar-refractivity contribution in [2.75, 3.05) is 25.5 Å². The molecule has 2 aromatic rings. The summed E-state index contributed by atoms with van der Waals surface area (Å²) in [7, 11) is 0. The van der Waals surface area contributed by atoms with Gasteiger partial charge >= 0.3 is 0 Å². The maximum atomic E-state index is 5.99. The van der Waals surface area contributed by atoms with Crippen molar-refractivity contribution >= 4 is 11.0 Å². The van der Waals surface area contributed by atoms with Crippen molar-refractivity contribution in [1.29, 1.82) is 0 Å². The standard InChI is InChI=1S/C20H34N6/c1-2-3-12-19-22-16-18-20(23-19)17(24-26(18)21)11-7-6-10-15-25-13-8-4-5-9-14-25/h16H,2-15,21H2,1H3. The van der Waals surface area contributed by atoms with Crippen LogP contribution in [-0.4, -0.2) is 44.4 Å². The molecule has 6 nitrogen and oxygen atoms in total. The third-order valence-electron chi connectivity index (χ3n) is 5.41. The van der Waals surface area contributed by atoms with E-state index in [2.05, 4.69) is 21.9 Å². The zero-order chi connectivity index (χ0) is 18.2. The monoisotopic (exact) mass is 358 g/mol. The molecule has 1 aliphatic heterocycles. The van der Waals surface area contributed by atoms with Crippen molar-refractivity contribution in [1.82, 2.24) is 24.8 Å². The van der Waals surface area contributed by atoms with Crippen molar-refractivity contribution in [3.05, 3.63) is 17.7 Å². The Kier molecular flexibility index (Phi) is 7.23. The quantitative estimate of drug-likeness (QED) is 0.549. The minimum atomic E-state index is 0.838. The van der Waals surface area contributed by atoms with E-state index in [0.29, 0.717) is 0 Å². The van der Waals surface area contributed by atoms with Crippen LogP contribution in [0.25, 0.3) is 11.0 Å². The van der Waals surface area contributed by atoms with Gasteiger partial charge in [-0.2, -0.15) is 9.89 Å². The van der Waals surface area contributed by atoms with E-state index in [9.17, 15) is 0 Å². The highest BCUT2D eigenvalue weighted by Gasteiger charge is 2.13. The minimum Gasteiger partial charge on any atom is -0.323 e. The summed E-state index contributed by atoms with van der Waals surface area (Å²) >= 11 is 0. The molecule has 0 aromatic carbocycles. The fourth-order valence-electron chi connectivity index (χ4n) is 3.81. The van der Waals surface area contributed by atoms with Gasteiger partial charge in [-0.05, 0) is 58.2 Å². The lowest BCUT2D eigenvalue weighted by Gasteiger charge is -2.19. The highest BCUT2D eigenvalue weighted by molar-refractivity contribution is 5.76. The summed E-state index contributed by atoms with van der Waals surface area (Å²) in [6.45, 7) is 6.02. The van der Waals surface area contributed by atoms with Gasteiger partial charge in [0.25, 0.3) is 0 Å². The molecule has 0 amide bonds. The van der Waals surface area contributed by atoms with Gasteiger partial charge in [0, 0.05) is 6.42 Å². The molecule has 144 valence electrons. The Labute approximate surface area is 157 Å². The molecule has 0 radical (unpaired) electrons. The van der Waals surface area contributed by atoms with E-state index in [4.69, 9.17) is 10.8 Å². The maximum absolute atomic E-state index is 5.99. The lowest BCUT2D eigenvalue weighted by atomic mass is 10.1. The van der Waals surface area contributed by atoms with Crippen LogP contribution in [0.2, 0.25) is 0 Å². The summed E-state index contributed by atoms with van der Waals surface area (Å²) < 4.78 is 0. The summed E-state index contributed by atoms with van der Waals surface area (Å²) in [4.78, 5) is 13.2. The smallest absolute Gasteiger partial charge is 0.129 e. The largest absolute Gasteiger partial charge is 0.323 e. The van der Waals surface area contributed by atoms with E-state index >= 15 is 0 Å². The van der Waals surface area contributed by atoms with Crippen LogP contribution in [0.4, 0.5) is 0 Å². The van der Waals surface area contributed by atoms with Crippen molar-refractivity contribution in [3.63, 3.8) is 0 Å². The molecule has 1 saturated heterocycles. The molecule has 0 aliphatic carbocycles. The molecule has 1 fully saturated rings. The molecule has 1 aliphatic rings. The second-order valence-electron chi connectivity index (χ2n) is 7.58. The summed E-state index contributed by atoms with van der Waals surface area (Å²) in [5.41, 5.74) is 2.81. The van der Waals surface area contributed by atoms with E-state index in [1.807, 2.05) is 6.20 Å². The summed E-state index contributed by atoms with van der Waals surface area (Å²) in [6, 6.07) is 0. The van der Waals surface area contributed by atoms with Crippen molar-refractivity contribution in [2.24, 2.45) is 0 Å². The van der Waals surface area contributed by atoms with E-state index in [1.165, 1.54) is 63.0 Å². The predicted molar refractivity (Wildman–Crippen MR) is 107 cm³/mol. The van der Waals surface area contributed by atoms with Crippen LogP contribution in [0, 0.1) is 0 Å². The third-order valence-corrected chi connectivity index (χ3v) is 5.41. The zero-order valence-corrected chi connectivity index (χ0v) is 16.3. The van der Waals surface area contributed by atoms with Gasteiger partial charge in [-0.3, -0.25) is 0 Å². The summed E-state index contributed by atoms with van der Waals surface area (Å²) in [5, 5.41) is 4.49. The number of rotatable bonds is 9. The molecule has 0 spiro atoms. The SMILES string of the molecule is CCCCc1ncc2c(n1)c(CCCCCN1CCCCCC1)nn2N. The van der Waals surface area contributed by atoms with Gasteiger partial charge in [-0.15, -0.1) is 0 Å². The van der Waals surface area contributed by atoms with Crippen LogP contribution in [0.3, 0.4) is 0 Å². The van der Waals surface area contributed by atoms with E-state index < -0.39 is 0 Å². The number of hydrogen-bond donors (Lipinski definition) is 1. The molecule has 6 heteroatoms. The third kappa shape index (κ3) is 5.16. The topological polar surface area (TPSA) is 72.9 Å². The van der Waals surface area contributed by atoms with Crippen molar-refractivity contribution < 1.29 is 0 Å². The number of unbranched alkanes of at least 4 members (excludes halogenated alkanes) is 3. The number of aryl methyl sites for hydroxylation is 2. The van der Waals surface area contributed by atoms with Crippen LogP contribution >= 0.6 is 0 Å². The summed E-state index contributed by atoms with van der Waals surface area (Å²) in [5.74, 6) is 6.90. The average Bonchev–Trinajstić information content (AvgIpc) is 2.82. The fourth-order valence-corrected chi connectivity index (χ4v) is 3.81. The molecular weight excluding hydrogens is 324 g/mol. The highest BCUT2D eigenvalue weighted by Crippen LogP contribution is 2.18. The van der Waals surface area contributed by atoms with E-state index in [1.54, 1.807) is 0 Å². The fraction of sp³-hybridized carbons (Fsp3) is 0.750. The molecule has 0 bridgehead atoms. The number of aromatic nitrogens is 4. The number of nitrogens with two attached hydrogens (primary N) is 1. The number of nitrogen functional groups attached to an aromatic ring is 1. The lowest BCUT2D eigenvalue weighted by molar-refractivity contribution is 0.278. The van der Waals surface area contributed by atoms with Gasteiger partial charge in [-0.25, -0.2) is 9.97 Å². The Morgan fingerprint density at radius 1 is 1.00 bits per heavy atom. The Balaban J connectivity index is 1.49. The summed E-state index contributed by atoms with van der Waals surface area (Å²) in [6.07, 6.45) is 15.2. The van der Waals surface area contributed by atoms with E-state index in [-0.39, 0.29) is 0 Å². The second kappa shape index (κ2) is 9.86. The number of fused-ring (bicyclic) bond motifs is 1. The number of hydrogen-bond acceptors (Lipinski definition) is 5. The molecular formula is C20H34N6. The molecule has 2 aromatic heterocycles. The lowest BCUT2D eigenvalue weighted by Crippen LogP contribution is -2.25. The maximum Gasteiger partial charge on any atom is 0.129 e. The Bertz CT molecular complexity index is 672. The van der Waals surface area contributed by atoms with Gasteiger partial charge in [0.05, 0.1) is 11.9 Å². The first kappa shape index (κ1) is 19.1. The minimum absolute atomic E-state index is 0.838. The zero-order valence-electron chi connectivity index (χ0n) is 16.3. The first-order valence-electron chi connectivity index (χ1n) is 10.5. The normalized spacial score (nSPS) is 16.2. The predicted octanol–water partition coefficient (Wildman–Crippen LogP) is 3.47. The molecule has 0 atom stereocenters. The molecule has 3 heterocycles. The molecule has 3 rings (SSSR count). The Hall–Kier alpha value is -1.69. The highest BCUT2D eigenvalue weighted by atomic mass is 15.5. The van der Waals surface area contributed by atoms with E-state index in [0.717, 1.165) is 54.7 Å². The van der Waals surface area contributed by atoms with Gasteiger partial charge in [0.1, 0.15) is 16.9 Å². The van der Waals surface area contributed by atoms with Crippen molar-refractivity contribution in [3.8, 4) is 0 Å². The first-order chi connectivity index (χ1) is 12.8. The van der Waals surface area contributed by atoms with Gasteiger partial charge in [0.2, 0.25) is 0 Å². The van der Waals surface area contributed by atoms with Crippen LogP contribution in [0.15, 0.2) is 6.20 Å². The number of likely N-dealkylation sites (tertiary alicyclic amines) is 1. The second-order valence-corrected chi connectivity index (χ2v) is 7.58. The average molecular weight is 359 g/mol. The van der Waals surface area contributed by atoms with Crippen LogP contribution in [0.1, 0.15) is 76.2 Å². The van der Waals surface area contributed by atoms with Crippen LogP contribution in [0.5, 0.6) is 0 Å².